The third-order valence-corrected chi connectivity index (χ3v) is 6.83. The summed E-state index contributed by atoms with van der Waals surface area (Å²) in [4.78, 5) is 17.1. The van der Waals surface area contributed by atoms with Crippen molar-refractivity contribution in [1.29, 1.82) is 0 Å². The van der Waals surface area contributed by atoms with Gasteiger partial charge in [0.2, 0.25) is 11.1 Å². The van der Waals surface area contributed by atoms with Crippen LogP contribution in [0.25, 0.3) is 5.69 Å². The predicted octanol–water partition coefficient (Wildman–Crippen LogP) is 5.77. The quantitative estimate of drug-likeness (QED) is 0.297. The number of aromatic nitrogens is 5. The number of amides is 1. The number of rotatable bonds is 7. The van der Waals surface area contributed by atoms with E-state index in [1.165, 1.54) is 16.9 Å². The van der Waals surface area contributed by atoms with Gasteiger partial charge < -0.3 is 5.32 Å². The zero-order chi connectivity index (χ0) is 24.3. The van der Waals surface area contributed by atoms with Crippen molar-refractivity contribution >= 4 is 57.3 Å². The number of hydrogen-bond acceptors (Lipinski definition) is 7. The number of tetrazole rings is 1. The first-order chi connectivity index (χ1) is 16.2. The molecule has 0 saturated heterocycles. The Bertz CT molecular complexity index is 1310. The molecule has 4 rings (SSSR count). The molecule has 0 fully saturated rings. The van der Waals surface area contributed by atoms with Gasteiger partial charge in [-0.1, -0.05) is 35.0 Å². The minimum Gasteiger partial charge on any atom is -0.301 e. The Balaban J connectivity index is 1.36. The van der Waals surface area contributed by atoms with E-state index in [-0.39, 0.29) is 23.1 Å². The summed E-state index contributed by atoms with van der Waals surface area (Å²) in [6, 6.07) is 10.1. The number of thiazole rings is 1. The highest BCUT2D eigenvalue weighted by molar-refractivity contribution is 7.99. The first-order valence-electron chi connectivity index (χ1n) is 9.46. The van der Waals surface area contributed by atoms with Crippen LogP contribution in [0.3, 0.4) is 0 Å². The van der Waals surface area contributed by atoms with E-state index in [4.69, 9.17) is 23.2 Å². The number of anilines is 1. The predicted molar refractivity (Wildman–Crippen MR) is 125 cm³/mol. The average Bonchev–Trinajstić information content (AvgIpc) is 3.43. The van der Waals surface area contributed by atoms with Gasteiger partial charge >= 0.3 is 6.18 Å². The first kappa shape index (κ1) is 24.5. The van der Waals surface area contributed by atoms with Crippen LogP contribution in [-0.4, -0.2) is 36.9 Å². The lowest BCUT2D eigenvalue weighted by atomic mass is 10.1. The number of hydrogen-bond donors (Lipinski definition) is 1. The molecule has 0 bridgehead atoms. The molecule has 2 aromatic carbocycles. The van der Waals surface area contributed by atoms with Crippen LogP contribution in [-0.2, 0) is 17.4 Å². The second kappa shape index (κ2) is 10.3. The van der Waals surface area contributed by atoms with Crippen molar-refractivity contribution in [3.8, 4) is 5.69 Å². The minimum atomic E-state index is -4.46. The highest BCUT2D eigenvalue weighted by Gasteiger charge is 2.31. The van der Waals surface area contributed by atoms with Crippen LogP contribution in [0.1, 0.15) is 16.0 Å². The molecule has 7 nitrogen and oxygen atoms in total. The summed E-state index contributed by atoms with van der Waals surface area (Å²) in [6.07, 6.45) is -2.82. The van der Waals surface area contributed by atoms with Crippen molar-refractivity contribution in [3.63, 3.8) is 0 Å². The number of carbonyl (C=O) groups is 1. The largest absolute Gasteiger partial charge is 0.416 e. The van der Waals surface area contributed by atoms with E-state index in [2.05, 4.69) is 25.8 Å². The molecule has 0 aliphatic heterocycles. The van der Waals surface area contributed by atoms with Gasteiger partial charge in [-0.25, -0.2) is 4.98 Å². The van der Waals surface area contributed by atoms with Crippen LogP contribution in [0.15, 0.2) is 53.8 Å². The molecule has 0 spiro atoms. The Morgan fingerprint density at radius 3 is 2.65 bits per heavy atom. The normalized spacial score (nSPS) is 11.6. The molecule has 4 aromatic rings. The van der Waals surface area contributed by atoms with E-state index in [1.807, 2.05) is 0 Å². The summed E-state index contributed by atoms with van der Waals surface area (Å²) in [5.41, 5.74) is 0.237. The number of nitrogens with one attached hydrogen (secondary N) is 1. The highest BCUT2D eigenvalue weighted by Crippen LogP contribution is 2.33. The van der Waals surface area contributed by atoms with Crippen LogP contribution in [0, 0.1) is 0 Å². The Morgan fingerprint density at radius 2 is 1.91 bits per heavy atom. The van der Waals surface area contributed by atoms with E-state index in [0.29, 0.717) is 31.4 Å². The molecule has 0 radical (unpaired) electrons. The highest BCUT2D eigenvalue weighted by atomic mass is 35.5. The monoisotopic (exact) mass is 544 g/mol. The molecule has 34 heavy (non-hydrogen) atoms. The molecule has 0 saturated carbocycles. The zero-order valence-electron chi connectivity index (χ0n) is 16.9. The summed E-state index contributed by atoms with van der Waals surface area (Å²) in [5, 5.41) is 15.7. The van der Waals surface area contributed by atoms with Gasteiger partial charge in [-0.2, -0.15) is 17.9 Å². The number of benzene rings is 2. The second-order valence-corrected chi connectivity index (χ2v) is 9.70. The Labute approximate surface area is 209 Å². The molecule has 14 heteroatoms. The lowest BCUT2D eigenvalue weighted by Gasteiger charge is -2.09. The van der Waals surface area contributed by atoms with Crippen LogP contribution in [0.5, 0.6) is 0 Å². The average molecular weight is 545 g/mol. The lowest BCUT2D eigenvalue weighted by Crippen LogP contribution is -2.14. The fourth-order valence-corrected chi connectivity index (χ4v) is 4.67. The maximum Gasteiger partial charge on any atom is 0.416 e. The molecule has 176 valence electrons. The Hall–Kier alpha value is -2.67. The fraction of sp³-hybridized carbons (Fsp3) is 0.150. The van der Waals surface area contributed by atoms with Crippen LogP contribution in [0.4, 0.5) is 18.3 Å². The fourth-order valence-electron chi connectivity index (χ4n) is 2.82. The van der Waals surface area contributed by atoms with Gasteiger partial charge in [0.05, 0.1) is 17.0 Å². The van der Waals surface area contributed by atoms with Crippen molar-refractivity contribution < 1.29 is 18.0 Å². The lowest BCUT2D eigenvalue weighted by molar-refractivity contribution is -0.137. The molecule has 1 amide bonds. The number of carbonyl (C=O) groups excluding carboxylic acids is 1. The first-order valence-corrected chi connectivity index (χ1v) is 12.0. The second-order valence-electron chi connectivity index (χ2n) is 6.80. The van der Waals surface area contributed by atoms with Crippen LogP contribution >= 0.6 is 46.3 Å². The molecular formula is C20H13Cl2F3N6OS2. The summed E-state index contributed by atoms with van der Waals surface area (Å²) in [5.74, 6) is -0.323. The van der Waals surface area contributed by atoms with Crippen LogP contribution in [0.2, 0.25) is 10.0 Å². The summed E-state index contributed by atoms with van der Waals surface area (Å²) in [7, 11) is 0. The van der Waals surface area contributed by atoms with Crippen molar-refractivity contribution in [2.75, 3.05) is 11.1 Å². The molecule has 0 aliphatic rings. The van der Waals surface area contributed by atoms with Crippen molar-refractivity contribution in [1.82, 2.24) is 25.2 Å². The number of thioether (sulfide) groups is 1. The Kier molecular flexibility index (Phi) is 7.41. The number of alkyl halides is 3. The van der Waals surface area contributed by atoms with Gasteiger partial charge in [0.15, 0.2) is 5.13 Å². The maximum absolute atomic E-state index is 13.0. The molecule has 0 unspecified atom stereocenters. The van der Waals surface area contributed by atoms with E-state index < -0.39 is 11.7 Å². The summed E-state index contributed by atoms with van der Waals surface area (Å²) < 4.78 is 40.4. The smallest absolute Gasteiger partial charge is 0.301 e. The number of halogens is 5. The summed E-state index contributed by atoms with van der Waals surface area (Å²) >= 11 is 14.2. The summed E-state index contributed by atoms with van der Waals surface area (Å²) in [6.45, 7) is 0. The topological polar surface area (TPSA) is 85.6 Å². The van der Waals surface area contributed by atoms with E-state index >= 15 is 0 Å². The van der Waals surface area contributed by atoms with Crippen molar-refractivity contribution in [2.45, 2.75) is 17.8 Å². The Morgan fingerprint density at radius 1 is 1.15 bits per heavy atom. The van der Waals surface area contributed by atoms with Gasteiger partial charge in [0.25, 0.3) is 0 Å². The van der Waals surface area contributed by atoms with E-state index in [0.717, 1.165) is 35.2 Å². The third-order valence-electron chi connectivity index (χ3n) is 4.38. The standard InChI is InChI=1S/C20H13Cl2F3N6OS2/c21-13-2-4-14(5-3-13)31-19(28-29-30-31)33-10-17(32)27-18-26-9-15(34-18)8-11-7-12(20(23,24)25)1-6-16(11)22/h1-7,9H,8,10H2,(H,26,27,32). The van der Waals surface area contributed by atoms with Gasteiger partial charge in [-0.3, -0.25) is 4.79 Å². The minimum absolute atomic E-state index is 0.0162. The van der Waals surface area contributed by atoms with Crippen LogP contribution < -0.4 is 5.32 Å². The molecule has 0 atom stereocenters. The third kappa shape index (κ3) is 6.06. The molecular weight excluding hydrogens is 532 g/mol. The van der Waals surface area contributed by atoms with Gasteiger partial charge in [0.1, 0.15) is 0 Å². The van der Waals surface area contributed by atoms with Gasteiger partial charge in [-0.05, 0) is 58.5 Å². The van der Waals surface area contributed by atoms with Gasteiger partial charge in [0, 0.05) is 27.5 Å². The number of nitrogens with zero attached hydrogens (tertiary/aromatic N) is 5. The molecule has 2 aromatic heterocycles. The molecule has 0 aliphatic carbocycles. The maximum atomic E-state index is 13.0. The zero-order valence-corrected chi connectivity index (χ0v) is 20.0. The van der Waals surface area contributed by atoms with Gasteiger partial charge in [-0.15, -0.1) is 16.4 Å². The SMILES string of the molecule is O=C(CSc1nnnn1-c1ccc(Cl)cc1)Nc1ncc(Cc2cc(C(F)(F)F)ccc2Cl)s1. The molecule has 2 heterocycles. The van der Waals surface area contributed by atoms with E-state index in [9.17, 15) is 18.0 Å². The molecule has 1 N–H and O–H groups in total. The van der Waals surface area contributed by atoms with Crippen molar-refractivity contribution in [3.05, 3.63) is 74.7 Å². The van der Waals surface area contributed by atoms with Crippen molar-refractivity contribution in [2.24, 2.45) is 0 Å². The van der Waals surface area contributed by atoms with E-state index in [1.54, 1.807) is 24.3 Å².